The molecule has 1 atom stereocenters. The Morgan fingerprint density at radius 1 is 0.950 bits per heavy atom. The molecule has 0 spiro atoms. The Labute approximate surface area is 236 Å². The van der Waals surface area contributed by atoms with Gasteiger partial charge < -0.3 is 20.0 Å². The molecule has 2 aromatic heterocycles. The van der Waals surface area contributed by atoms with E-state index in [1.165, 1.54) is 0 Å². The third kappa shape index (κ3) is 4.69. The first-order chi connectivity index (χ1) is 19.5. The Balaban J connectivity index is 1.00. The van der Waals surface area contributed by atoms with Crippen molar-refractivity contribution in [3.8, 4) is 0 Å². The molecule has 4 aliphatic heterocycles. The van der Waals surface area contributed by atoms with Crippen LogP contribution in [0.2, 0.25) is 0 Å². The van der Waals surface area contributed by atoms with Gasteiger partial charge in [-0.3, -0.25) is 24.6 Å². The molecular weight excluding hydrogens is 528 g/mol. The van der Waals surface area contributed by atoms with Gasteiger partial charge in [-0.05, 0) is 35.1 Å². The molecule has 0 saturated carbocycles. The van der Waals surface area contributed by atoms with Crippen molar-refractivity contribution in [2.75, 3.05) is 62.2 Å². The minimum absolute atomic E-state index is 0.132. The molecule has 0 bridgehead atoms. The molecule has 3 fully saturated rings. The zero-order valence-corrected chi connectivity index (χ0v) is 23.1. The van der Waals surface area contributed by atoms with E-state index in [1.54, 1.807) is 16.2 Å². The number of imide groups is 1. The van der Waals surface area contributed by atoms with Gasteiger partial charge in [0.25, 0.3) is 5.91 Å². The third-order valence-electron chi connectivity index (χ3n) is 8.34. The summed E-state index contributed by atoms with van der Waals surface area (Å²) < 4.78 is 1.16. The van der Waals surface area contributed by atoms with Crippen LogP contribution in [0.15, 0.2) is 29.6 Å². The van der Waals surface area contributed by atoms with Gasteiger partial charge in [-0.1, -0.05) is 12.1 Å². The second-order valence-corrected chi connectivity index (χ2v) is 11.8. The SMILES string of the molecule is O=C1CCC(N2Cc3cc(CN4CCN(c5nc(N6CCNCC6)c6sccc6n5)CC4)ccc3C2=O)C(=O)N1. The Kier molecular flexibility index (Phi) is 6.60. The summed E-state index contributed by atoms with van der Waals surface area (Å²) in [6, 6.07) is 7.50. The zero-order chi connectivity index (χ0) is 27.2. The summed E-state index contributed by atoms with van der Waals surface area (Å²) in [5.41, 5.74) is 3.77. The molecule has 3 amide bonds. The molecule has 7 rings (SSSR count). The first-order valence-corrected chi connectivity index (χ1v) is 14.9. The minimum atomic E-state index is -0.586. The summed E-state index contributed by atoms with van der Waals surface area (Å²) >= 11 is 1.71. The van der Waals surface area contributed by atoms with Crippen LogP contribution in [-0.4, -0.2) is 95.9 Å². The molecule has 3 aromatic rings. The maximum absolute atomic E-state index is 13.0. The van der Waals surface area contributed by atoms with E-state index in [4.69, 9.17) is 9.97 Å². The quantitative estimate of drug-likeness (QED) is 0.444. The van der Waals surface area contributed by atoms with Crippen molar-refractivity contribution in [3.05, 3.63) is 46.3 Å². The fourth-order valence-corrected chi connectivity index (χ4v) is 7.01. The van der Waals surface area contributed by atoms with Crippen molar-refractivity contribution in [1.82, 2.24) is 30.4 Å². The molecule has 0 aliphatic carbocycles. The fraction of sp³-hybridized carbons (Fsp3) is 0.464. The number of hydrogen-bond acceptors (Lipinski definition) is 10. The second-order valence-electron chi connectivity index (χ2n) is 10.9. The Morgan fingerprint density at radius 2 is 1.77 bits per heavy atom. The molecule has 208 valence electrons. The number of thiophene rings is 1. The summed E-state index contributed by atoms with van der Waals surface area (Å²) in [5.74, 6) is 1.08. The van der Waals surface area contributed by atoms with Crippen LogP contribution in [0.4, 0.5) is 11.8 Å². The van der Waals surface area contributed by atoms with E-state index >= 15 is 0 Å². The Morgan fingerprint density at radius 3 is 2.58 bits per heavy atom. The molecule has 1 unspecified atom stereocenters. The lowest BCUT2D eigenvalue weighted by Crippen LogP contribution is -2.52. The van der Waals surface area contributed by atoms with Gasteiger partial charge in [0.05, 0.1) is 10.2 Å². The first-order valence-electron chi connectivity index (χ1n) is 14.0. The van der Waals surface area contributed by atoms with Crippen LogP contribution in [0, 0.1) is 0 Å². The standard InChI is InChI=1S/C28H32N8O3S/c37-23-4-3-22(26(38)31-23)36-17-19-15-18(1-2-20(19)27(36)39)16-33-10-12-35(13-11-33)28-30-21-5-14-40-24(21)25(32-28)34-8-6-29-7-9-34/h1-2,5,14-15,22,29H,3-4,6-13,16-17H2,(H,31,37,38). The van der Waals surface area contributed by atoms with Gasteiger partial charge in [-0.25, -0.2) is 4.98 Å². The number of aromatic nitrogens is 2. The van der Waals surface area contributed by atoms with Crippen molar-refractivity contribution in [1.29, 1.82) is 0 Å². The third-order valence-corrected chi connectivity index (χ3v) is 9.24. The molecule has 4 aliphatic rings. The number of hydrogen-bond donors (Lipinski definition) is 2. The highest BCUT2D eigenvalue weighted by molar-refractivity contribution is 7.17. The predicted molar refractivity (Wildman–Crippen MR) is 152 cm³/mol. The number of carbonyl (C=O) groups is 3. The zero-order valence-electron chi connectivity index (χ0n) is 22.3. The summed E-state index contributed by atoms with van der Waals surface area (Å²) in [6.45, 7) is 8.53. The highest BCUT2D eigenvalue weighted by atomic mass is 32.1. The van der Waals surface area contributed by atoms with Crippen molar-refractivity contribution < 1.29 is 14.4 Å². The highest BCUT2D eigenvalue weighted by Gasteiger charge is 2.39. The summed E-state index contributed by atoms with van der Waals surface area (Å²) in [7, 11) is 0. The summed E-state index contributed by atoms with van der Waals surface area (Å²) in [6.07, 6.45) is 0.637. The molecule has 40 heavy (non-hydrogen) atoms. The maximum Gasteiger partial charge on any atom is 0.255 e. The molecule has 1 aromatic carbocycles. The Hall–Kier alpha value is -3.61. The number of nitrogens with one attached hydrogen (secondary N) is 2. The number of piperazine rings is 2. The van der Waals surface area contributed by atoms with E-state index in [0.717, 1.165) is 92.0 Å². The monoisotopic (exact) mass is 560 g/mol. The predicted octanol–water partition coefficient (Wildman–Crippen LogP) is 1.18. The van der Waals surface area contributed by atoms with Crippen LogP contribution in [0.1, 0.15) is 34.3 Å². The van der Waals surface area contributed by atoms with E-state index in [0.29, 0.717) is 18.5 Å². The topological polar surface area (TPSA) is 114 Å². The summed E-state index contributed by atoms with van der Waals surface area (Å²) in [5, 5.41) is 7.89. The first kappa shape index (κ1) is 25.4. The van der Waals surface area contributed by atoms with Gasteiger partial charge in [0, 0.05) is 77.4 Å². The Bertz CT molecular complexity index is 1480. The minimum Gasteiger partial charge on any atom is -0.353 e. The van der Waals surface area contributed by atoms with Crippen molar-refractivity contribution >= 4 is 51.0 Å². The fourth-order valence-electron chi connectivity index (χ4n) is 6.16. The van der Waals surface area contributed by atoms with Crippen LogP contribution in [0.3, 0.4) is 0 Å². The molecule has 12 heteroatoms. The van der Waals surface area contributed by atoms with Crippen LogP contribution >= 0.6 is 11.3 Å². The second kappa shape index (κ2) is 10.4. The van der Waals surface area contributed by atoms with Crippen LogP contribution in [-0.2, 0) is 22.7 Å². The van der Waals surface area contributed by atoms with Gasteiger partial charge in [-0.2, -0.15) is 4.98 Å². The van der Waals surface area contributed by atoms with Gasteiger partial charge in [0.1, 0.15) is 6.04 Å². The van der Waals surface area contributed by atoms with Crippen molar-refractivity contribution in [2.45, 2.75) is 32.0 Å². The molecule has 2 N–H and O–H groups in total. The molecule has 3 saturated heterocycles. The van der Waals surface area contributed by atoms with Gasteiger partial charge in [-0.15, -0.1) is 11.3 Å². The lowest BCUT2D eigenvalue weighted by Gasteiger charge is -2.35. The van der Waals surface area contributed by atoms with Gasteiger partial charge in [0.15, 0.2) is 5.82 Å². The van der Waals surface area contributed by atoms with E-state index in [2.05, 4.69) is 42.8 Å². The number of amides is 3. The lowest BCUT2D eigenvalue weighted by atomic mass is 10.0. The number of rotatable bonds is 5. The number of carbonyl (C=O) groups excluding carboxylic acids is 3. The van der Waals surface area contributed by atoms with E-state index < -0.39 is 6.04 Å². The maximum atomic E-state index is 13.0. The van der Waals surface area contributed by atoms with Crippen molar-refractivity contribution in [3.63, 3.8) is 0 Å². The number of piperidine rings is 1. The molecular formula is C28H32N8O3S. The number of nitrogens with zero attached hydrogens (tertiary/aromatic N) is 6. The van der Waals surface area contributed by atoms with Crippen molar-refractivity contribution in [2.24, 2.45) is 0 Å². The molecule has 6 heterocycles. The lowest BCUT2D eigenvalue weighted by molar-refractivity contribution is -0.136. The van der Waals surface area contributed by atoms with Gasteiger partial charge in [0.2, 0.25) is 17.8 Å². The normalized spacial score (nSPS) is 22.2. The summed E-state index contributed by atoms with van der Waals surface area (Å²) in [4.78, 5) is 55.5. The van der Waals surface area contributed by atoms with E-state index in [-0.39, 0.29) is 24.1 Å². The van der Waals surface area contributed by atoms with Gasteiger partial charge >= 0.3 is 0 Å². The largest absolute Gasteiger partial charge is 0.353 e. The number of fused-ring (bicyclic) bond motifs is 2. The van der Waals surface area contributed by atoms with Crippen LogP contribution in [0.5, 0.6) is 0 Å². The smallest absolute Gasteiger partial charge is 0.255 e. The van der Waals surface area contributed by atoms with Crippen LogP contribution in [0.25, 0.3) is 10.2 Å². The van der Waals surface area contributed by atoms with E-state index in [1.807, 2.05) is 12.1 Å². The van der Waals surface area contributed by atoms with Crippen LogP contribution < -0.4 is 20.4 Å². The highest BCUT2D eigenvalue weighted by Crippen LogP contribution is 2.32. The average Bonchev–Trinajstić information content (AvgIpc) is 3.58. The van der Waals surface area contributed by atoms with E-state index in [9.17, 15) is 14.4 Å². The average molecular weight is 561 g/mol. The molecule has 11 nitrogen and oxygen atoms in total. The molecule has 0 radical (unpaired) electrons. The number of anilines is 2. The number of benzene rings is 1.